The first-order chi connectivity index (χ1) is 11.9. The molecular formula is C16H17N3O5S. The van der Waals surface area contributed by atoms with Crippen molar-refractivity contribution in [3.63, 3.8) is 0 Å². The zero-order chi connectivity index (χ0) is 18.1. The van der Waals surface area contributed by atoms with Gasteiger partial charge in [-0.1, -0.05) is 0 Å². The van der Waals surface area contributed by atoms with E-state index in [9.17, 15) is 14.4 Å². The van der Waals surface area contributed by atoms with Crippen LogP contribution in [0.25, 0.3) is 0 Å². The summed E-state index contributed by atoms with van der Waals surface area (Å²) in [5.74, 6) is -2.09. The number of amides is 1. The summed E-state index contributed by atoms with van der Waals surface area (Å²) < 4.78 is 5.98. The van der Waals surface area contributed by atoms with E-state index in [2.05, 4.69) is 10.4 Å². The molecule has 1 atom stereocenters. The van der Waals surface area contributed by atoms with Crippen molar-refractivity contribution in [3.05, 3.63) is 34.0 Å². The Balaban J connectivity index is 1.87. The molecule has 1 amide bonds. The molecule has 0 radical (unpaired) electrons. The number of thiophene rings is 1. The Morgan fingerprint density at radius 1 is 1.40 bits per heavy atom. The third-order valence-corrected chi connectivity index (χ3v) is 5.39. The minimum Gasteiger partial charge on any atom is -0.477 e. The highest BCUT2D eigenvalue weighted by atomic mass is 32.1. The maximum Gasteiger partial charge on any atom is 0.354 e. The molecule has 0 bridgehead atoms. The van der Waals surface area contributed by atoms with Crippen molar-refractivity contribution in [2.75, 3.05) is 12.4 Å². The predicted octanol–water partition coefficient (Wildman–Crippen LogP) is 2.12. The van der Waals surface area contributed by atoms with E-state index in [1.807, 2.05) is 0 Å². The number of aromatic nitrogens is 2. The number of nitrogens with zero attached hydrogens (tertiary/aromatic N) is 2. The van der Waals surface area contributed by atoms with Crippen LogP contribution in [0.4, 0.5) is 5.00 Å². The number of carboxylic acid groups (broad SMARTS) is 1. The van der Waals surface area contributed by atoms with Crippen molar-refractivity contribution in [1.82, 2.24) is 9.78 Å². The molecule has 0 spiro atoms. The van der Waals surface area contributed by atoms with E-state index in [4.69, 9.17) is 9.84 Å². The lowest BCUT2D eigenvalue weighted by Gasteiger charge is -2.14. The number of aryl methyl sites for hydroxylation is 1. The van der Waals surface area contributed by atoms with E-state index in [0.29, 0.717) is 10.6 Å². The van der Waals surface area contributed by atoms with Gasteiger partial charge < -0.3 is 15.2 Å². The minimum atomic E-state index is -1.16. The number of rotatable bonds is 5. The van der Waals surface area contributed by atoms with E-state index >= 15 is 0 Å². The Bertz CT molecular complexity index is 854. The second-order valence-electron chi connectivity index (χ2n) is 5.68. The van der Waals surface area contributed by atoms with Crippen LogP contribution in [0.15, 0.2) is 12.3 Å². The lowest BCUT2D eigenvalue weighted by atomic mass is 10.1. The number of carbonyl (C=O) groups excluding carboxylic acids is 2. The van der Waals surface area contributed by atoms with Crippen molar-refractivity contribution in [3.8, 4) is 0 Å². The number of carbonyl (C=O) groups is 3. The van der Waals surface area contributed by atoms with E-state index in [-0.39, 0.29) is 5.69 Å². The third kappa shape index (κ3) is 3.02. The van der Waals surface area contributed by atoms with Gasteiger partial charge in [0, 0.05) is 11.1 Å². The van der Waals surface area contributed by atoms with Gasteiger partial charge >= 0.3 is 11.9 Å². The average molecular weight is 363 g/mol. The van der Waals surface area contributed by atoms with Gasteiger partial charge in [-0.2, -0.15) is 5.10 Å². The first-order valence-corrected chi connectivity index (χ1v) is 8.56. The van der Waals surface area contributed by atoms with E-state index in [1.165, 1.54) is 30.7 Å². The molecule has 0 aliphatic heterocycles. The number of methoxy groups -OCH3 is 1. The normalized spacial score (nSPS) is 14.0. The molecular weight excluding hydrogens is 346 g/mol. The second kappa shape index (κ2) is 6.67. The SMILES string of the molecule is COC(=O)c1c(NC(=O)C(C)n2nccc2C(=O)O)sc2c1CCC2. The zero-order valence-electron chi connectivity index (χ0n) is 13.7. The molecule has 3 rings (SSSR count). The maximum atomic E-state index is 12.6. The molecule has 9 heteroatoms. The Labute approximate surface area is 147 Å². The fourth-order valence-corrected chi connectivity index (χ4v) is 4.21. The summed E-state index contributed by atoms with van der Waals surface area (Å²) in [4.78, 5) is 37.0. The van der Waals surface area contributed by atoms with Crippen LogP contribution in [0.5, 0.6) is 0 Å². The first kappa shape index (κ1) is 17.2. The van der Waals surface area contributed by atoms with Crippen LogP contribution in [0.2, 0.25) is 0 Å². The first-order valence-electron chi connectivity index (χ1n) is 7.74. The average Bonchev–Trinajstić information content (AvgIpc) is 3.28. The van der Waals surface area contributed by atoms with Crippen LogP contribution >= 0.6 is 11.3 Å². The number of carboxylic acids is 1. The summed E-state index contributed by atoms with van der Waals surface area (Å²) in [6.45, 7) is 1.55. The lowest BCUT2D eigenvalue weighted by molar-refractivity contribution is -0.119. The molecule has 1 unspecified atom stereocenters. The highest BCUT2D eigenvalue weighted by molar-refractivity contribution is 7.17. The molecule has 2 N–H and O–H groups in total. The molecule has 132 valence electrons. The summed E-state index contributed by atoms with van der Waals surface area (Å²) in [5, 5.41) is 16.2. The zero-order valence-corrected chi connectivity index (χ0v) is 14.6. The van der Waals surface area contributed by atoms with E-state index in [0.717, 1.165) is 34.4 Å². The molecule has 0 aromatic carbocycles. The summed E-state index contributed by atoms with van der Waals surface area (Å²) in [5.41, 5.74) is 1.26. The molecule has 1 aliphatic carbocycles. The summed E-state index contributed by atoms with van der Waals surface area (Å²) >= 11 is 1.37. The second-order valence-corrected chi connectivity index (χ2v) is 6.79. The summed E-state index contributed by atoms with van der Waals surface area (Å²) in [6, 6.07) is 0.481. The molecule has 1 aliphatic rings. The molecule has 2 aromatic heterocycles. The quantitative estimate of drug-likeness (QED) is 0.787. The van der Waals surface area contributed by atoms with Crippen LogP contribution in [0.3, 0.4) is 0 Å². The highest BCUT2D eigenvalue weighted by Gasteiger charge is 2.29. The van der Waals surface area contributed by atoms with Crippen LogP contribution in [-0.2, 0) is 22.4 Å². The fraction of sp³-hybridized carbons (Fsp3) is 0.375. The number of hydrogen-bond acceptors (Lipinski definition) is 6. The van der Waals surface area contributed by atoms with Gasteiger partial charge in [0.1, 0.15) is 16.7 Å². The van der Waals surface area contributed by atoms with Gasteiger partial charge in [-0.3, -0.25) is 4.79 Å². The number of hydrogen-bond donors (Lipinski definition) is 2. The van der Waals surface area contributed by atoms with Gasteiger partial charge in [-0.15, -0.1) is 11.3 Å². The predicted molar refractivity (Wildman–Crippen MR) is 90.2 cm³/mol. The molecule has 8 nitrogen and oxygen atoms in total. The van der Waals surface area contributed by atoms with Gasteiger partial charge in [-0.25, -0.2) is 14.3 Å². The Morgan fingerprint density at radius 2 is 2.16 bits per heavy atom. The molecule has 2 aromatic rings. The standard InChI is InChI=1S/C16H17N3O5S/c1-8(19-10(15(21)22)6-7-17-19)13(20)18-14-12(16(23)24-2)9-4-3-5-11(9)25-14/h6-8H,3-5H2,1-2H3,(H,18,20)(H,21,22). The summed E-state index contributed by atoms with van der Waals surface area (Å²) in [6.07, 6.45) is 3.96. The smallest absolute Gasteiger partial charge is 0.354 e. The number of nitrogens with one attached hydrogen (secondary N) is 1. The lowest BCUT2D eigenvalue weighted by Crippen LogP contribution is -2.27. The van der Waals surface area contributed by atoms with E-state index in [1.54, 1.807) is 6.92 Å². The van der Waals surface area contributed by atoms with Gasteiger partial charge in [0.2, 0.25) is 5.91 Å². The molecule has 0 saturated heterocycles. The highest BCUT2D eigenvalue weighted by Crippen LogP contribution is 2.39. The van der Waals surface area contributed by atoms with E-state index < -0.39 is 23.9 Å². The summed E-state index contributed by atoms with van der Waals surface area (Å²) in [7, 11) is 1.30. The monoisotopic (exact) mass is 363 g/mol. The van der Waals surface area contributed by atoms with Gasteiger partial charge in [0.15, 0.2) is 0 Å². The van der Waals surface area contributed by atoms with Crippen molar-refractivity contribution < 1.29 is 24.2 Å². The number of aromatic carboxylic acids is 1. The Morgan fingerprint density at radius 3 is 2.84 bits per heavy atom. The Kier molecular flexibility index (Phi) is 4.58. The number of fused-ring (bicyclic) bond motifs is 1. The maximum absolute atomic E-state index is 12.6. The molecule has 25 heavy (non-hydrogen) atoms. The van der Waals surface area contributed by atoms with Crippen LogP contribution < -0.4 is 5.32 Å². The van der Waals surface area contributed by atoms with Gasteiger partial charge in [0.05, 0.1) is 12.7 Å². The topological polar surface area (TPSA) is 111 Å². The number of anilines is 1. The van der Waals surface area contributed by atoms with Crippen LogP contribution in [0.1, 0.15) is 50.7 Å². The molecule has 0 saturated carbocycles. The van der Waals surface area contributed by atoms with Crippen molar-refractivity contribution in [2.45, 2.75) is 32.2 Å². The fourth-order valence-electron chi connectivity index (χ4n) is 2.93. The largest absolute Gasteiger partial charge is 0.477 e. The van der Waals surface area contributed by atoms with Crippen LogP contribution in [-0.4, -0.2) is 39.8 Å². The van der Waals surface area contributed by atoms with Crippen molar-refractivity contribution in [2.24, 2.45) is 0 Å². The molecule has 0 fully saturated rings. The van der Waals surface area contributed by atoms with Crippen molar-refractivity contribution in [1.29, 1.82) is 0 Å². The van der Waals surface area contributed by atoms with Crippen LogP contribution in [0, 0.1) is 0 Å². The number of esters is 1. The van der Waals surface area contributed by atoms with Gasteiger partial charge in [-0.05, 0) is 37.8 Å². The molecule has 2 heterocycles. The Hall–Kier alpha value is -2.68. The van der Waals surface area contributed by atoms with Gasteiger partial charge in [0.25, 0.3) is 0 Å². The third-order valence-electron chi connectivity index (χ3n) is 4.18. The van der Waals surface area contributed by atoms with Crippen molar-refractivity contribution >= 4 is 34.2 Å². The number of ether oxygens (including phenoxy) is 1. The minimum absolute atomic E-state index is 0.0792.